The molecule has 7 nitrogen and oxygen atoms in total. The molecule has 0 aliphatic carbocycles. The van der Waals surface area contributed by atoms with E-state index in [0.29, 0.717) is 0 Å². The fourth-order valence-electron chi connectivity index (χ4n) is 4.04. The number of rotatable bonds is 11. The molecule has 41 heavy (non-hydrogen) atoms. The first-order valence-electron chi connectivity index (χ1n) is 15.4. The average molecular weight is 574 g/mol. The highest BCUT2D eigenvalue weighted by atomic mass is 19.4. The second-order valence-corrected chi connectivity index (χ2v) is 8.72. The quantitative estimate of drug-likeness (QED) is 0.145. The number of hydrogen-bond donors (Lipinski definition) is 1. The van der Waals surface area contributed by atoms with E-state index in [1.807, 2.05) is 0 Å². The lowest BCUT2D eigenvalue weighted by molar-refractivity contribution is -0.124. The van der Waals surface area contributed by atoms with Gasteiger partial charge in [0, 0.05) is 59.2 Å². The first-order chi connectivity index (χ1) is 22.1. The van der Waals surface area contributed by atoms with Gasteiger partial charge in [-0.3, -0.25) is 4.79 Å². The van der Waals surface area contributed by atoms with Crippen molar-refractivity contribution in [1.29, 1.82) is 0 Å². The second kappa shape index (κ2) is 13.2. The Hall–Kier alpha value is -4.51. The Kier molecular flexibility index (Phi) is 7.17. The smallest absolute Gasteiger partial charge is 0.393 e. The molecule has 0 aliphatic heterocycles. The molecular formula is C30H29F4N5O2. The van der Waals surface area contributed by atoms with Crippen LogP contribution in [0.15, 0.2) is 85.1 Å². The van der Waals surface area contributed by atoms with Crippen LogP contribution in [0.5, 0.6) is 5.88 Å². The highest BCUT2D eigenvalue weighted by Gasteiger charge is 2.32. The van der Waals surface area contributed by atoms with Crippen molar-refractivity contribution in [2.75, 3.05) is 33.6 Å². The van der Waals surface area contributed by atoms with Crippen LogP contribution in [0.2, 0.25) is 0 Å². The Morgan fingerprint density at radius 3 is 2.54 bits per heavy atom. The molecule has 2 aromatic carbocycles. The minimum atomic E-state index is -4.60. The molecule has 4 aromatic rings. The number of amides is 1. The summed E-state index contributed by atoms with van der Waals surface area (Å²) in [5, 5.41) is 7.00. The van der Waals surface area contributed by atoms with Crippen molar-refractivity contribution in [3.63, 3.8) is 0 Å². The Labute approximate surface area is 243 Å². The lowest BCUT2D eigenvalue weighted by Crippen LogP contribution is -2.22. The molecule has 214 valence electrons. The largest absolute Gasteiger partial charge is 0.476 e. The number of carbonyl (C=O) groups excluding carboxylic acids is 1. The van der Waals surface area contributed by atoms with Crippen molar-refractivity contribution in [3.05, 3.63) is 102 Å². The first-order valence-corrected chi connectivity index (χ1v) is 12.4. The van der Waals surface area contributed by atoms with E-state index in [9.17, 15) is 22.4 Å². The molecule has 0 spiro atoms. The van der Waals surface area contributed by atoms with E-state index in [-0.39, 0.29) is 63.8 Å². The van der Waals surface area contributed by atoms with Crippen molar-refractivity contribution >= 4 is 28.1 Å². The fourth-order valence-corrected chi connectivity index (χ4v) is 4.04. The molecule has 11 heteroatoms. The maximum atomic E-state index is 14.9. The third kappa shape index (κ3) is 7.79. The van der Waals surface area contributed by atoms with E-state index in [1.54, 1.807) is 36.4 Å². The number of para-hydroxylation sites is 1. The number of likely N-dealkylation sites (N-methyl/N-ethyl adjacent to an activating group) is 1. The zero-order valence-corrected chi connectivity index (χ0v) is 21.5. The van der Waals surface area contributed by atoms with Crippen LogP contribution in [0.1, 0.15) is 25.8 Å². The zero-order valence-electron chi connectivity index (χ0n) is 27.5. The van der Waals surface area contributed by atoms with Gasteiger partial charge in [-0.15, -0.1) is 5.10 Å². The molecule has 0 saturated heterocycles. The summed E-state index contributed by atoms with van der Waals surface area (Å²) in [6.07, 6.45) is -2.51. The summed E-state index contributed by atoms with van der Waals surface area (Å²) in [4.78, 5) is 16.2. The van der Waals surface area contributed by atoms with Gasteiger partial charge in [0.2, 0.25) is 17.7 Å². The summed E-state index contributed by atoms with van der Waals surface area (Å²) in [6, 6.07) is 17.1. The number of allylic oxidation sites excluding steroid dienone is 1. The van der Waals surface area contributed by atoms with Gasteiger partial charge in [-0.25, -0.2) is 9.67 Å². The number of benzene rings is 2. The van der Waals surface area contributed by atoms with Crippen LogP contribution >= 0.6 is 0 Å². The lowest BCUT2D eigenvalue weighted by atomic mass is 9.97. The SMILES string of the molecule is [2H]C([2H])([2H])N(C(=O)/C=C/CNCCOc1ccc(/C(=C(\CC(F)(F)F)c2ccccc2)n2nc(F)c3ccccc32)cn1)C([2H])([2H])[2H]. The Balaban J connectivity index is 1.51. The van der Waals surface area contributed by atoms with E-state index >= 15 is 0 Å². The van der Waals surface area contributed by atoms with Gasteiger partial charge in [0.05, 0.1) is 23.0 Å². The zero-order chi connectivity index (χ0) is 34.4. The molecule has 0 aliphatic rings. The van der Waals surface area contributed by atoms with Crippen molar-refractivity contribution in [2.24, 2.45) is 0 Å². The average Bonchev–Trinajstić information content (AvgIpc) is 3.31. The first kappa shape index (κ1) is 22.2. The summed E-state index contributed by atoms with van der Waals surface area (Å²) < 4.78 is 107. The standard InChI is InChI=1S/C30H29F4N5O2/c1-38(2)27(40)13-8-16-35-17-18-41-26-15-14-22(20-36-26)28(39-25-12-7-6-11-23(25)29(31)37-39)24(19-30(32,33)34)21-9-4-3-5-10-21/h3-15,20,35H,16-19H2,1-2H3/b13-8+,28-24-/i1D3,2D3. The van der Waals surface area contributed by atoms with Crippen LogP contribution < -0.4 is 10.1 Å². The molecule has 0 atom stereocenters. The monoisotopic (exact) mass is 573 g/mol. The third-order valence-corrected chi connectivity index (χ3v) is 5.82. The maximum Gasteiger partial charge on any atom is 0.393 e. The molecular weight excluding hydrogens is 538 g/mol. The predicted octanol–water partition coefficient (Wildman–Crippen LogP) is 5.55. The summed E-state index contributed by atoms with van der Waals surface area (Å²) in [5.41, 5.74) is 0.614. The molecule has 0 radical (unpaired) electrons. The van der Waals surface area contributed by atoms with Crippen LogP contribution in [0.4, 0.5) is 17.6 Å². The Morgan fingerprint density at radius 1 is 1.07 bits per heavy atom. The maximum absolute atomic E-state index is 14.9. The summed E-state index contributed by atoms with van der Waals surface area (Å²) >= 11 is 0. The number of aromatic nitrogens is 3. The van der Waals surface area contributed by atoms with E-state index in [0.717, 1.165) is 10.8 Å². The number of nitrogens with one attached hydrogen (secondary N) is 1. The molecule has 0 fully saturated rings. The van der Waals surface area contributed by atoms with Crippen molar-refractivity contribution in [2.45, 2.75) is 12.6 Å². The van der Waals surface area contributed by atoms with Crippen molar-refractivity contribution < 1.29 is 35.3 Å². The van der Waals surface area contributed by atoms with Crippen LogP contribution in [0, 0.1) is 5.95 Å². The molecule has 1 amide bonds. The number of alkyl halides is 3. The summed E-state index contributed by atoms with van der Waals surface area (Å²) in [6.45, 7) is -5.89. The number of hydrogen-bond acceptors (Lipinski definition) is 5. The molecule has 1 N–H and O–H groups in total. The molecule has 2 heterocycles. The van der Waals surface area contributed by atoms with E-state index < -0.39 is 38.4 Å². The van der Waals surface area contributed by atoms with Crippen LogP contribution in [-0.4, -0.2) is 65.4 Å². The normalized spacial score (nSPS) is 15.3. The highest BCUT2D eigenvalue weighted by Crippen LogP contribution is 2.38. The second-order valence-electron chi connectivity index (χ2n) is 8.72. The predicted molar refractivity (Wildman–Crippen MR) is 149 cm³/mol. The van der Waals surface area contributed by atoms with Gasteiger partial charge in [0.25, 0.3) is 0 Å². The number of halogens is 4. The molecule has 0 saturated carbocycles. The Morgan fingerprint density at radius 2 is 1.83 bits per heavy atom. The fraction of sp³-hybridized carbons (Fsp3) is 0.233. The molecule has 4 rings (SSSR count). The van der Waals surface area contributed by atoms with Gasteiger partial charge in [-0.05, 0) is 29.3 Å². The highest BCUT2D eigenvalue weighted by molar-refractivity contribution is 5.95. The topological polar surface area (TPSA) is 72.3 Å². The van der Waals surface area contributed by atoms with Gasteiger partial charge >= 0.3 is 6.18 Å². The minimum Gasteiger partial charge on any atom is -0.476 e. The number of fused-ring (bicyclic) bond motifs is 1. The molecule has 2 aromatic heterocycles. The van der Waals surface area contributed by atoms with Crippen LogP contribution in [-0.2, 0) is 4.79 Å². The molecule has 0 unspecified atom stereocenters. The van der Waals surface area contributed by atoms with Gasteiger partial charge in [-0.2, -0.15) is 17.6 Å². The molecule has 0 bridgehead atoms. The van der Waals surface area contributed by atoms with Crippen molar-refractivity contribution in [1.82, 2.24) is 25.0 Å². The van der Waals surface area contributed by atoms with Gasteiger partial charge < -0.3 is 15.0 Å². The van der Waals surface area contributed by atoms with E-state index in [4.69, 9.17) is 13.0 Å². The number of ether oxygens (including phenoxy) is 1. The summed E-state index contributed by atoms with van der Waals surface area (Å²) in [5.74, 6) is -1.90. The Bertz CT molecular complexity index is 1720. The number of pyridine rings is 1. The number of carbonyl (C=O) groups is 1. The van der Waals surface area contributed by atoms with E-state index in [2.05, 4.69) is 15.4 Å². The van der Waals surface area contributed by atoms with Crippen LogP contribution in [0.25, 0.3) is 22.2 Å². The van der Waals surface area contributed by atoms with Crippen LogP contribution in [0.3, 0.4) is 0 Å². The minimum absolute atomic E-state index is 0.00812. The van der Waals surface area contributed by atoms with E-state index in [1.165, 1.54) is 42.6 Å². The van der Waals surface area contributed by atoms with Gasteiger partial charge in [0.15, 0.2) is 0 Å². The number of nitrogens with zero attached hydrogens (tertiary/aromatic N) is 4. The van der Waals surface area contributed by atoms with Gasteiger partial charge in [0.1, 0.15) is 6.61 Å². The third-order valence-electron chi connectivity index (χ3n) is 5.82. The van der Waals surface area contributed by atoms with Gasteiger partial charge in [-0.1, -0.05) is 48.5 Å². The van der Waals surface area contributed by atoms with Crippen molar-refractivity contribution in [3.8, 4) is 5.88 Å². The lowest BCUT2D eigenvalue weighted by Gasteiger charge is -2.19. The summed E-state index contributed by atoms with van der Waals surface area (Å²) in [7, 11) is 0.